The predicted octanol–water partition coefficient (Wildman–Crippen LogP) is 4.51. The van der Waals surface area contributed by atoms with E-state index < -0.39 is 0 Å². The fourth-order valence-corrected chi connectivity index (χ4v) is 4.02. The van der Waals surface area contributed by atoms with Crippen LogP contribution in [0.1, 0.15) is 67.3 Å². The maximum atomic E-state index is 13.9. The van der Waals surface area contributed by atoms with Gasteiger partial charge in [0, 0.05) is 18.3 Å². The van der Waals surface area contributed by atoms with Gasteiger partial charge in [-0.3, -0.25) is 0 Å². The first-order chi connectivity index (χ1) is 12.1. The molecule has 5 heteroatoms. The van der Waals surface area contributed by atoms with Gasteiger partial charge in [-0.05, 0) is 61.8 Å². The summed E-state index contributed by atoms with van der Waals surface area (Å²) in [6.07, 6.45) is 6.94. The lowest BCUT2D eigenvalue weighted by Gasteiger charge is -2.33. The van der Waals surface area contributed by atoms with E-state index in [2.05, 4.69) is 14.9 Å². The van der Waals surface area contributed by atoms with Gasteiger partial charge in [0.1, 0.15) is 11.6 Å². The van der Waals surface area contributed by atoms with E-state index in [0.29, 0.717) is 11.9 Å². The van der Waals surface area contributed by atoms with Gasteiger partial charge in [-0.2, -0.15) is 4.98 Å². The van der Waals surface area contributed by atoms with Crippen LogP contribution in [-0.2, 0) is 0 Å². The van der Waals surface area contributed by atoms with E-state index in [1.807, 2.05) is 19.1 Å². The van der Waals surface area contributed by atoms with Crippen molar-refractivity contribution in [2.24, 2.45) is 0 Å². The van der Waals surface area contributed by atoms with Crippen molar-refractivity contribution in [3.63, 3.8) is 0 Å². The highest BCUT2D eigenvalue weighted by atomic mass is 19.1. The number of benzene rings is 1. The second-order valence-corrected chi connectivity index (χ2v) is 7.33. The number of aromatic nitrogens is 2. The van der Waals surface area contributed by atoms with Gasteiger partial charge >= 0.3 is 0 Å². The number of aryl methyl sites for hydroxylation is 1. The summed E-state index contributed by atoms with van der Waals surface area (Å²) in [6, 6.07) is 7.57. The molecule has 1 aromatic heterocycles. The summed E-state index contributed by atoms with van der Waals surface area (Å²) in [7, 11) is 0. The number of hydrogen-bond donors (Lipinski definition) is 1. The van der Waals surface area contributed by atoms with Gasteiger partial charge in [-0.25, -0.2) is 9.37 Å². The summed E-state index contributed by atoms with van der Waals surface area (Å²) >= 11 is 0. The Hall–Kier alpha value is -2.17. The minimum atomic E-state index is -0.132. The summed E-state index contributed by atoms with van der Waals surface area (Å²) in [6.45, 7) is 2.89. The van der Waals surface area contributed by atoms with Crippen molar-refractivity contribution in [3.8, 4) is 0 Å². The molecule has 2 heterocycles. The molecule has 0 bridgehead atoms. The quantitative estimate of drug-likeness (QED) is 0.893. The largest absolute Gasteiger partial charge is 0.368 e. The Balaban J connectivity index is 1.77. The highest BCUT2D eigenvalue weighted by Crippen LogP contribution is 2.46. The van der Waals surface area contributed by atoms with Crippen molar-refractivity contribution in [1.82, 2.24) is 9.97 Å². The molecule has 1 atom stereocenters. The SMILES string of the molecule is Cc1cc(N2CCCCC[C@H]2c2ccc(F)cc2C2CC2)nc(N)n1. The lowest BCUT2D eigenvalue weighted by Crippen LogP contribution is -2.30. The molecule has 25 heavy (non-hydrogen) atoms. The number of anilines is 2. The maximum absolute atomic E-state index is 13.9. The van der Waals surface area contributed by atoms with Crippen molar-refractivity contribution >= 4 is 11.8 Å². The highest BCUT2D eigenvalue weighted by Gasteiger charge is 2.32. The second-order valence-electron chi connectivity index (χ2n) is 7.33. The van der Waals surface area contributed by atoms with Crippen LogP contribution in [0.25, 0.3) is 0 Å². The monoisotopic (exact) mass is 340 g/mol. The first-order valence-electron chi connectivity index (χ1n) is 9.29. The van der Waals surface area contributed by atoms with Gasteiger partial charge in [0.15, 0.2) is 0 Å². The molecule has 2 aromatic rings. The topological polar surface area (TPSA) is 55.0 Å². The fourth-order valence-electron chi connectivity index (χ4n) is 4.02. The highest BCUT2D eigenvalue weighted by molar-refractivity contribution is 5.48. The van der Waals surface area contributed by atoms with Crippen molar-refractivity contribution in [2.45, 2.75) is 57.4 Å². The molecule has 1 aliphatic carbocycles. The summed E-state index contributed by atoms with van der Waals surface area (Å²) < 4.78 is 13.9. The summed E-state index contributed by atoms with van der Waals surface area (Å²) in [5.74, 6) is 1.60. The van der Waals surface area contributed by atoms with Crippen molar-refractivity contribution < 1.29 is 4.39 Å². The zero-order valence-electron chi connectivity index (χ0n) is 14.7. The molecule has 0 amide bonds. The molecular weight excluding hydrogens is 315 g/mol. The Kier molecular flexibility index (Phi) is 4.32. The molecule has 0 unspecified atom stereocenters. The third-order valence-electron chi connectivity index (χ3n) is 5.33. The maximum Gasteiger partial charge on any atom is 0.222 e. The molecule has 2 fully saturated rings. The Labute approximate surface area is 148 Å². The summed E-state index contributed by atoms with van der Waals surface area (Å²) in [4.78, 5) is 11.1. The van der Waals surface area contributed by atoms with Crippen molar-refractivity contribution in [2.75, 3.05) is 17.2 Å². The van der Waals surface area contributed by atoms with E-state index in [-0.39, 0.29) is 11.9 Å². The predicted molar refractivity (Wildman–Crippen MR) is 98.1 cm³/mol. The third-order valence-corrected chi connectivity index (χ3v) is 5.33. The van der Waals surface area contributed by atoms with Crippen molar-refractivity contribution in [3.05, 3.63) is 46.9 Å². The van der Waals surface area contributed by atoms with Crippen LogP contribution >= 0.6 is 0 Å². The molecule has 1 saturated carbocycles. The number of rotatable bonds is 3. The summed E-state index contributed by atoms with van der Waals surface area (Å²) in [5, 5.41) is 0. The van der Waals surface area contributed by atoms with Gasteiger partial charge < -0.3 is 10.6 Å². The van der Waals surface area contributed by atoms with Crippen LogP contribution in [0.4, 0.5) is 16.2 Å². The smallest absolute Gasteiger partial charge is 0.222 e. The Morgan fingerprint density at radius 2 is 1.88 bits per heavy atom. The average Bonchev–Trinajstić information content (AvgIpc) is 3.41. The number of nitrogens with two attached hydrogens (primary N) is 1. The number of nitrogens with zero attached hydrogens (tertiary/aromatic N) is 3. The Morgan fingerprint density at radius 1 is 1.04 bits per heavy atom. The number of hydrogen-bond acceptors (Lipinski definition) is 4. The normalized spacial score (nSPS) is 21.2. The molecule has 132 valence electrons. The lowest BCUT2D eigenvalue weighted by atomic mass is 9.93. The van der Waals surface area contributed by atoms with E-state index in [1.54, 1.807) is 12.1 Å². The Morgan fingerprint density at radius 3 is 2.64 bits per heavy atom. The molecule has 0 radical (unpaired) electrons. The Bertz CT molecular complexity index is 752. The van der Waals surface area contributed by atoms with E-state index in [1.165, 1.54) is 36.8 Å². The van der Waals surface area contributed by atoms with E-state index >= 15 is 0 Å². The minimum Gasteiger partial charge on any atom is -0.368 e. The van der Waals surface area contributed by atoms with Gasteiger partial charge in [0.05, 0.1) is 6.04 Å². The first kappa shape index (κ1) is 16.3. The molecular formula is C20H25FN4. The van der Waals surface area contributed by atoms with Crippen molar-refractivity contribution in [1.29, 1.82) is 0 Å². The minimum absolute atomic E-state index is 0.132. The van der Waals surface area contributed by atoms with Crippen LogP contribution in [0.5, 0.6) is 0 Å². The van der Waals surface area contributed by atoms with Gasteiger partial charge in [-0.15, -0.1) is 0 Å². The fraction of sp³-hybridized carbons (Fsp3) is 0.500. The van der Waals surface area contributed by atoms with Crippen LogP contribution in [0.3, 0.4) is 0 Å². The average molecular weight is 340 g/mol. The van der Waals surface area contributed by atoms with Crippen LogP contribution in [0, 0.1) is 12.7 Å². The molecule has 2 N–H and O–H groups in total. The zero-order valence-corrected chi connectivity index (χ0v) is 14.7. The van der Waals surface area contributed by atoms with Crippen LogP contribution in [0.15, 0.2) is 24.3 Å². The second kappa shape index (κ2) is 6.62. The molecule has 2 aliphatic rings. The van der Waals surface area contributed by atoms with Gasteiger partial charge in [0.2, 0.25) is 5.95 Å². The van der Waals surface area contributed by atoms with Crippen LogP contribution < -0.4 is 10.6 Å². The molecule has 1 aromatic carbocycles. The number of nitrogen functional groups attached to an aromatic ring is 1. The third kappa shape index (κ3) is 3.46. The standard InChI is InChI=1S/C20H25FN4/c1-13-11-19(24-20(22)23-13)25-10-4-2-3-5-18(25)16-9-8-15(21)12-17(16)14-6-7-14/h8-9,11-12,14,18H,2-7,10H2,1H3,(H2,22,23,24)/t18-/m0/s1. The van der Waals surface area contributed by atoms with E-state index in [0.717, 1.165) is 30.9 Å². The summed E-state index contributed by atoms with van der Waals surface area (Å²) in [5.41, 5.74) is 9.24. The molecule has 0 spiro atoms. The van der Waals surface area contributed by atoms with Gasteiger partial charge in [-0.1, -0.05) is 18.9 Å². The van der Waals surface area contributed by atoms with Crippen LogP contribution in [-0.4, -0.2) is 16.5 Å². The van der Waals surface area contributed by atoms with Crippen LogP contribution in [0.2, 0.25) is 0 Å². The molecule has 4 rings (SSSR count). The van der Waals surface area contributed by atoms with E-state index in [9.17, 15) is 4.39 Å². The molecule has 1 aliphatic heterocycles. The zero-order chi connectivity index (χ0) is 17.4. The first-order valence-corrected chi connectivity index (χ1v) is 9.29. The lowest BCUT2D eigenvalue weighted by molar-refractivity contribution is 0.583. The number of halogens is 1. The van der Waals surface area contributed by atoms with E-state index in [4.69, 9.17) is 5.73 Å². The van der Waals surface area contributed by atoms with Gasteiger partial charge in [0.25, 0.3) is 0 Å². The molecule has 4 nitrogen and oxygen atoms in total. The molecule has 1 saturated heterocycles.